The third kappa shape index (κ3) is 2.76. The Balaban J connectivity index is 1.56. The highest BCUT2D eigenvalue weighted by Gasteiger charge is 2.43. The zero-order chi connectivity index (χ0) is 18.7. The molecule has 1 saturated carbocycles. The lowest BCUT2D eigenvalue weighted by molar-refractivity contribution is -0.117. The number of hydrogen-bond donors (Lipinski definition) is 2. The van der Waals surface area contributed by atoms with E-state index < -0.39 is 17.9 Å². The molecule has 1 aliphatic rings. The van der Waals surface area contributed by atoms with Crippen LogP contribution >= 0.6 is 22.9 Å². The lowest BCUT2D eigenvalue weighted by Gasteiger charge is -2.07. The first kappa shape index (κ1) is 16.6. The second-order valence-electron chi connectivity index (χ2n) is 6.43. The summed E-state index contributed by atoms with van der Waals surface area (Å²) >= 11 is 7.50. The number of anilines is 1. The van der Waals surface area contributed by atoms with E-state index in [0.717, 1.165) is 4.70 Å². The van der Waals surface area contributed by atoms with Gasteiger partial charge < -0.3 is 5.32 Å². The van der Waals surface area contributed by atoms with Gasteiger partial charge in [0.15, 0.2) is 5.13 Å². The molecular weight excluding hydrogens is 394 g/mol. The van der Waals surface area contributed by atoms with E-state index in [4.69, 9.17) is 11.6 Å². The van der Waals surface area contributed by atoms with Crippen molar-refractivity contribution in [2.75, 3.05) is 5.32 Å². The monoisotopic (exact) mass is 404 g/mol. The first-order valence-corrected chi connectivity index (χ1v) is 9.37. The Labute approximate surface area is 160 Å². The number of thiazole rings is 1. The first-order valence-electron chi connectivity index (χ1n) is 8.18. The number of hydrogen-bond acceptors (Lipinski definition) is 4. The third-order valence-corrected chi connectivity index (χ3v) is 5.90. The van der Waals surface area contributed by atoms with Crippen molar-refractivity contribution in [1.82, 2.24) is 15.2 Å². The molecule has 0 spiro atoms. The van der Waals surface area contributed by atoms with Gasteiger partial charge in [0.1, 0.15) is 12.0 Å². The molecule has 1 amide bonds. The molecule has 0 radical (unpaired) electrons. The average Bonchev–Trinajstić information content (AvgIpc) is 3.02. The summed E-state index contributed by atoms with van der Waals surface area (Å²) < 4.78 is 28.0. The van der Waals surface area contributed by atoms with Crippen LogP contribution in [0.15, 0.2) is 30.5 Å². The number of alkyl halides is 1. The number of fused-ring (bicyclic) bond motifs is 2. The fourth-order valence-corrected chi connectivity index (χ4v) is 4.26. The molecule has 4 aromatic rings. The second kappa shape index (κ2) is 5.97. The molecule has 0 saturated heterocycles. The number of nitrogens with zero attached hydrogens (tertiary/aromatic N) is 2. The molecule has 5 rings (SSSR count). The van der Waals surface area contributed by atoms with Gasteiger partial charge >= 0.3 is 0 Å². The molecule has 27 heavy (non-hydrogen) atoms. The number of aromatic nitrogens is 3. The molecular formula is C18H11ClF2N4OS. The van der Waals surface area contributed by atoms with E-state index in [-0.39, 0.29) is 17.4 Å². The summed E-state index contributed by atoms with van der Waals surface area (Å²) in [5.74, 6) is -1.46. The van der Waals surface area contributed by atoms with Crippen molar-refractivity contribution in [3.8, 4) is 11.1 Å². The van der Waals surface area contributed by atoms with Crippen molar-refractivity contribution in [2.24, 2.45) is 5.92 Å². The largest absolute Gasteiger partial charge is 0.302 e. The van der Waals surface area contributed by atoms with E-state index in [0.29, 0.717) is 32.7 Å². The van der Waals surface area contributed by atoms with E-state index in [1.54, 1.807) is 18.3 Å². The van der Waals surface area contributed by atoms with E-state index >= 15 is 0 Å². The van der Waals surface area contributed by atoms with Crippen molar-refractivity contribution in [2.45, 2.75) is 12.6 Å². The predicted octanol–water partition coefficient (Wildman–Crippen LogP) is 4.93. The molecule has 9 heteroatoms. The number of H-pyrrole nitrogens is 1. The van der Waals surface area contributed by atoms with Crippen LogP contribution in [0.3, 0.4) is 0 Å². The molecule has 1 aliphatic carbocycles. The van der Waals surface area contributed by atoms with Crippen LogP contribution in [0, 0.1) is 11.7 Å². The van der Waals surface area contributed by atoms with Gasteiger partial charge in [-0.2, -0.15) is 5.10 Å². The SMILES string of the molecule is O=C(Nc1nc2ccc(-c3c(Cl)c(F)cc4[nH]ncc34)cc2s1)[C@@H]1C[C@@H]1F. The second-order valence-corrected chi connectivity index (χ2v) is 7.84. The minimum Gasteiger partial charge on any atom is -0.302 e. The van der Waals surface area contributed by atoms with Gasteiger partial charge in [-0.05, 0) is 24.1 Å². The zero-order valence-corrected chi connectivity index (χ0v) is 15.2. The van der Waals surface area contributed by atoms with Gasteiger partial charge in [-0.1, -0.05) is 29.0 Å². The summed E-state index contributed by atoms with van der Waals surface area (Å²) in [5.41, 5.74) is 2.49. The van der Waals surface area contributed by atoms with Gasteiger partial charge in [-0.25, -0.2) is 13.8 Å². The maximum absolute atomic E-state index is 14.2. The number of carbonyl (C=O) groups excluding carboxylic acids is 1. The van der Waals surface area contributed by atoms with Crippen LogP contribution in [-0.2, 0) is 4.79 Å². The van der Waals surface area contributed by atoms with Crippen molar-refractivity contribution < 1.29 is 13.6 Å². The number of amides is 1. The number of halogens is 3. The molecule has 2 atom stereocenters. The Hall–Kier alpha value is -2.58. The number of carbonyl (C=O) groups is 1. The molecule has 1 fully saturated rings. The minimum atomic E-state index is -1.06. The molecule has 0 bridgehead atoms. The Bertz CT molecular complexity index is 1220. The molecule has 0 aliphatic heterocycles. The van der Waals surface area contributed by atoms with Gasteiger partial charge in [0, 0.05) is 17.0 Å². The zero-order valence-electron chi connectivity index (χ0n) is 13.6. The van der Waals surface area contributed by atoms with Crippen LogP contribution < -0.4 is 5.32 Å². The van der Waals surface area contributed by atoms with Crippen LogP contribution in [0.25, 0.3) is 32.2 Å². The maximum Gasteiger partial charge on any atom is 0.232 e. The standard InChI is InChI=1S/C18H11ClF2N4OS/c19-16-11(21)5-13-9(6-22-25-13)15(16)7-1-2-12-14(3-7)27-18(23-12)24-17(26)8-4-10(8)20/h1-3,5-6,8,10H,4H2,(H,22,25)(H,23,24,26)/t8-,10+/m1/s1. The summed E-state index contributed by atoms with van der Waals surface area (Å²) in [6, 6.07) is 6.71. The van der Waals surface area contributed by atoms with Gasteiger partial charge in [0.05, 0.1) is 32.9 Å². The highest BCUT2D eigenvalue weighted by Crippen LogP contribution is 2.39. The van der Waals surface area contributed by atoms with Crippen molar-refractivity contribution in [1.29, 1.82) is 0 Å². The average molecular weight is 405 g/mol. The molecule has 136 valence electrons. The molecule has 2 aromatic heterocycles. The third-order valence-electron chi connectivity index (χ3n) is 4.59. The van der Waals surface area contributed by atoms with Crippen LogP contribution in [0.4, 0.5) is 13.9 Å². The smallest absolute Gasteiger partial charge is 0.232 e. The summed E-state index contributed by atoms with van der Waals surface area (Å²) in [4.78, 5) is 16.2. The van der Waals surface area contributed by atoms with E-state index in [2.05, 4.69) is 20.5 Å². The van der Waals surface area contributed by atoms with Crippen LogP contribution in [0.2, 0.25) is 5.02 Å². The maximum atomic E-state index is 14.2. The minimum absolute atomic E-state index is 0.0176. The number of nitrogens with one attached hydrogen (secondary N) is 2. The van der Waals surface area contributed by atoms with E-state index in [1.807, 2.05) is 6.07 Å². The molecule has 2 N–H and O–H groups in total. The highest BCUT2D eigenvalue weighted by atomic mass is 35.5. The van der Waals surface area contributed by atoms with Gasteiger partial charge in [0.2, 0.25) is 5.91 Å². The van der Waals surface area contributed by atoms with Crippen LogP contribution in [-0.4, -0.2) is 27.3 Å². The first-order chi connectivity index (χ1) is 13.0. The fraction of sp³-hybridized carbons (Fsp3) is 0.167. The summed E-state index contributed by atoms with van der Waals surface area (Å²) in [6.45, 7) is 0. The predicted molar refractivity (Wildman–Crippen MR) is 101 cm³/mol. The van der Waals surface area contributed by atoms with Crippen molar-refractivity contribution in [3.63, 3.8) is 0 Å². The summed E-state index contributed by atoms with van der Waals surface area (Å²) in [5, 5.41) is 10.5. The summed E-state index contributed by atoms with van der Waals surface area (Å²) in [6.07, 6.45) is 0.805. The van der Waals surface area contributed by atoms with E-state index in [9.17, 15) is 13.6 Å². The number of benzene rings is 2. The molecule has 5 nitrogen and oxygen atoms in total. The fourth-order valence-electron chi connectivity index (χ4n) is 3.08. The normalized spacial score (nSPS) is 18.9. The van der Waals surface area contributed by atoms with E-state index in [1.165, 1.54) is 17.4 Å². The molecule has 0 unspecified atom stereocenters. The molecule has 2 aromatic carbocycles. The number of aromatic amines is 1. The lowest BCUT2D eigenvalue weighted by Crippen LogP contribution is -2.14. The van der Waals surface area contributed by atoms with Gasteiger partial charge in [-0.15, -0.1) is 0 Å². The van der Waals surface area contributed by atoms with Crippen molar-refractivity contribution in [3.05, 3.63) is 41.3 Å². The highest BCUT2D eigenvalue weighted by molar-refractivity contribution is 7.22. The van der Waals surface area contributed by atoms with Gasteiger partial charge in [-0.3, -0.25) is 9.89 Å². The number of rotatable bonds is 3. The molecule has 2 heterocycles. The Morgan fingerprint density at radius 1 is 1.37 bits per heavy atom. The van der Waals surface area contributed by atoms with Crippen LogP contribution in [0.5, 0.6) is 0 Å². The topological polar surface area (TPSA) is 70.7 Å². The Morgan fingerprint density at radius 2 is 2.19 bits per heavy atom. The van der Waals surface area contributed by atoms with Crippen LogP contribution in [0.1, 0.15) is 6.42 Å². The quantitative estimate of drug-likeness (QED) is 0.508. The van der Waals surface area contributed by atoms with Gasteiger partial charge in [0.25, 0.3) is 0 Å². The summed E-state index contributed by atoms with van der Waals surface area (Å²) in [7, 11) is 0. The Morgan fingerprint density at radius 3 is 2.96 bits per heavy atom. The van der Waals surface area contributed by atoms with Crippen molar-refractivity contribution >= 4 is 55.1 Å². The Kier molecular flexibility index (Phi) is 3.66. The lowest BCUT2D eigenvalue weighted by atomic mass is 10.0.